The summed E-state index contributed by atoms with van der Waals surface area (Å²) >= 11 is 0. The smallest absolute Gasteiger partial charge is 0.303 e. The molecule has 2 heterocycles. The van der Waals surface area contributed by atoms with Gasteiger partial charge in [0.05, 0.1) is 12.1 Å². The van der Waals surface area contributed by atoms with Gasteiger partial charge in [0.1, 0.15) is 6.54 Å². The first-order chi connectivity index (χ1) is 9.34. The van der Waals surface area contributed by atoms with E-state index in [9.17, 15) is 4.79 Å². The SMILES string of the molecule is CC(C)(C)c1nc(Cn2cc(CCC(=O)O)nn2)no1. The minimum absolute atomic E-state index is 0.0368. The molecule has 0 spiro atoms. The molecule has 0 radical (unpaired) electrons. The lowest BCUT2D eigenvalue weighted by atomic mass is 9.97. The maximum atomic E-state index is 10.5. The van der Waals surface area contributed by atoms with Gasteiger partial charge in [-0.05, 0) is 0 Å². The minimum atomic E-state index is -0.854. The molecule has 0 atom stereocenters. The van der Waals surface area contributed by atoms with Crippen LogP contribution < -0.4 is 0 Å². The van der Waals surface area contributed by atoms with E-state index in [1.807, 2.05) is 20.8 Å². The summed E-state index contributed by atoms with van der Waals surface area (Å²) in [5.41, 5.74) is 0.437. The van der Waals surface area contributed by atoms with Crippen molar-refractivity contribution in [2.24, 2.45) is 0 Å². The highest BCUT2D eigenvalue weighted by Crippen LogP contribution is 2.19. The number of aryl methyl sites for hydroxylation is 1. The first-order valence-electron chi connectivity index (χ1n) is 6.28. The molecule has 0 aliphatic rings. The molecule has 20 heavy (non-hydrogen) atoms. The van der Waals surface area contributed by atoms with Gasteiger partial charge in [-0.3, -0.25) is 4.79 Å². The molecule has 2 aromatic heterocycles. The standard InChI is InChI=1S/C12H17N5O3/c1-12(2,3)11-13-9(15-20-11)7-17-6-8(14-16-17)4-5-10(18)19/h6H,4-5,7H2,1-3H3,(H,18,19). The molecular weight excluding hydrogens is 262 g/mol. The third kappa shape index (κ3) is 3.62. The van der Waals surface area contributed by atoms with Crippen LogP contribution in [0.1, 0.15) is 44.6 Å². The fraction of sp³-hybridized carbons (Fsp3) is 0.583. The van der Waals surface area contributed by atoms with Gasteiger partial charge in [-0.2, -0.15) is 4.98 Å². The Balaban J connectivity index is 2.00. The molecule has 0 unspecified atom stereocenters. The van der Waals surface area contributed by atoms with Crippen LogP contribution >= 0.6 is 0 Å². The lowest BCUT2D eigenvalue weighted by Gasteiger charge is -2.10. The summed E-state index contributed by atoms with van der Waals surface area (Å²) in [5.74, 6) is 0.232. The maximum absolute atomic E-state index is 10.5. The number of carboxylic acid groups (broad SMARTS) is 1. The van der Waals surface area contributed by atoms with Crippen molar-refractivity contribution in [3.63, 3.8) is 0 Å². The molecule has 0 fully saturated rings. The van der Waals surface area contributed by atoms with Crippen LogP contribution in [0.5, 0.6) is 0 Å². The van der Waals surface area contributed by atoms with E-state index in [4.69, 9.17) is 9.63 Å². The van der Waals surface area contributed by atoms with Crippen molar-refractivity contribution in [3.05, 3.63) is 23.6 Å². The fourth-order valence-corrected chi connectivity index (χ4v) is 1.53. The molecule has 0 aromatic carbocycles. The highest BCUT2D eigenvalue weighted by atomic mass is 16.5. The summed E-state index contributed by atoms with van der Waals surface area (Å²) in [5, 5.41) is 20.3. The van der Waals surface area contributed by atoms with E-state index < -0.39 is 5.97 Å². The third-order valence-electron chi connectivity index (χ3n) is 2.59. The van der Waals surface area contributed by atoms with E-state index in [1.165, 1.54) is 0 Å². The van der Waals surface area contributed by atoms with Crippen molar-refractivity contribution >= 4 is 5.97 Å². The lowest BCUT2D eigenvalue weighted by Crippen LogP contribution is -2.12. The first kappa shape index (κ1) is 14.2. The Bertz CT molecular complexity index is 596. The van der Waals surface area contributed by atoms with E-state index in [-0.39, 0.29) is 11.8 Å². The fourth-order valence-electron chi connectivity index (χ4n) is 1.53. The highest BCUT2D eigenvalue weighted by molar-refractivity contribution is 5.66. The molecule has 108 valence electrons. The lowest BCUT2D eigenvalue weighted by molar-refractivity contribution is -0.136. The summed E-state index contributed by atoms with van der Waals surface area (Å²) in [4.78, 5) is 14.8. The number of aliphatic carboxylic acids is 1. The predicted molar refractivity (Wildman–Crippen MR) is 68.1 cm³/mol. The van der Waals surface area contributed by atoms with Gasteiger partial charge < -0.3 is 9.63 Å². The number of carboxylic acids is 1. The molecule has 2 aromatic rings. The second kappa shape index (κ2) is 5.40. The van der Waals surface area contributed by atoms with Crippen LogP contribution in [0, 0.1) is 0 Å². The Labute approximate surface area is 115 Å². The van der Waals surface area contributed by atoms with Crippen LogP contribution in [0.15, 0.2) is 10.7 Å². The van der Waals surface area contributed by atoms with Crippen molar-refractivity contribution in [1.29, 1.82) is 0 Å². The second-order valence-corrected chi connectivity index (χ2v) is 5.57. The van der Waals surface area contributed by atoms with E-state index >= 15 is 0 Å². The van der Waals surface area contributed by atoms with Crippen LogP contribution in [0.3, 0.4) is 0 Å². The Kier molecular flexibility index (Phi) is 3.82. The molecule has 0 saturated heterocycles. The summed E-state index contributed by atoms with van der Waals surface area (Å²) in [6.45, 7) is 6.32. The van der Waals surface area contributed by atoms with Crippen molar-refractivity contribution in [2.75, 3.05) is 0 Å². The molecule has 0 bridgehead atoms. The normalized spacial score (nSPS) is 11.8. The first-order valence-corrected chi connectivity index (χ1v) is 6.28. The molecule has 0 amide bonds. The van der Waals surface area contributed by atoms with Gasteiger partial charge in [0.2, 0.25) is 5.89 Å². The Morgan fingerprint density at radius 1 is 1.45 bits per heavy atom. The molecule has 0 saturated carbocycles. The van der Waals surface area contributed by atoms with Gasteiger partial charge in [-0.15, -0.1) is 5.10 Å². The van der Waals surface area contributed by atoms with Crippen molar-refractivity contribution < 1.29 is 14.4 Å². The minimum Gasteiger partial charge on any atom is -0.481 e. The Morgan fingerprint density at radius 3 is 2.80 bits per heavy atom. The van der Waals surface area contributed by atoms with Crippen molar-refractivity contribution in [1.82, 2.24) is 25.1 Å². The van der Waals surface area contributed by atoms with E-state index in [0.29, 0.717) is 30.4 Å². The Hall–Kier alpha value is -2.25. The summed E-state index contributed by atoms with van der Waals surface area (Å²) in [6.07, 6.45) is 2.08. The van der Waals surface area contributed by atoms with Crippen molar-refractivity contribution in [3.8, 4) is 0 Å². The summed E-state index contributed by atoms with van der Waals surface area (Å²) in [6, 6.07) is 0. The van der Waals surface area contributed by atoms with E-state index in [2.05, 4.69) is 20.5 Å². The number of aromatic nitrogens is 5. The molecule has 0 aliphatic heterocycles. The number of rotatable bonds is 5. The molecule has 0 aliphatic carbocycles. The zero-order valence-electron chi connectivity index (χ0n) is 11.7. The highest BCUT2D eigenvalue weighted by Gasteiger charge is 2.21. The number of nitrogens with zero attached hydrogens (tertiary/aromatic N) is 5. The van der Waals surface area contributed by atoms with Crippen LogP contribution in [0.2, 0.25) is 0 Å². The van der Waals surface area contributed by atoms with Crippen LogP contribution in [0.25, 0.3) is 0 Å². The maximum Gasteiger partial charge on any atom is 0.303 e. The van der Waals surface area contributed by atoms with E-state index in [1.54, 1.807) is 10.9 Å². The number of hydrogen-bond acceptors (Lipinski definition) is 6. The zero-order chi connectivity index (χ0) is 14.8. The average molecular weight is 279 g/mol. The van der Waals surface area contributed by atoms with Crippen LogP contribution in [0.4, 0.5) is 0 Å². The monoisotopic (exact) mass is 279 g/mol. The average Bonchev–Trinajstić information content (AvgIpc) is 2.95. The predicted octanol–water partition coefficient (Wildman–Crippen LogP) is 1.02. The topological polar surface area (TPSA) is 107 Å². The van der Waals surface area contributed by atoms with E-state index in [0.717, 1.165) is 0 Å². The van der Waals surface area contributed by atoms with Gasteiger partial charge in [0.25, 0.3) is 0 Å². The van der Waals surface area contributed by atoms with Crippen LogP contribution in [-0.2, 0) is 23.2 Å². The zero-order valence-corrected chi connectivity index (χ0v) is 11.7. The quantitative estimate of drug-likeness (QED) is 0.870. The number of carbonyl (C=O) groups is 1. The van der Waals surface area contributed by atoms with Crippen molar-refractivity contribution in [2.45, 2.75) is 45.6 Å². The largest absolute Gasteiger partial charge is 0.481 e. The third-order valence-corrected chi connectivity index (χ3v) is 2.59. The summed E-state index contributed by atoms with van der Waals surface area (Å²) < 4.78 is 6.75. The van der Waals surface area contributed by atoms with Gasteiger partial charge in [-0.25, -0.2) is 4.68 Å². The molecule has 1 N–H and O–H groups in total. The van der Waals surface area contributed by atoms with Crippen LogP contribution in [-0.4, -0.2) is 36.2 Å². The second-order valence-electron chi connectivity index (χ2n) is 5.57. The summed E-state index contributed by atoms with van der Waals surface area (Å²) in [7, 11) is 0. The molecule has 8 nitrogen and oxygen atoms in total. The van der Waals surface area contributed by atoms with Gasteiger partial charge in [0.15, 0.2) is 5.82 Å². The van der Waals surface area contributed by atoms with Gasteiger partial charge in [0, 0.05) is 18.0 Å². The number of hydrogen-bond donors (Lipinski definition) is 1. The van der Waals surface area contributed by atoms with Gasteiger partial charge in [-0.1, -0.05) is 31.1 Å². The Morgan fingerprint density at radius 2 is 2.20 bits per heavy atom. The van der Waals surface area contributed by atoms with Gasteiger partial charge >= 0.3 is 5.97 Å². The molecule has 2 rings (SSSR count). The molecule has 8 heteroatoms. The molecular formula is C12H17N5O3.